The average Bonchev–Trinajstić information content (AvgIpc) is 2.59. The molecule has 0 saturated heterocycles. The van der Waals surface area contributed by atoms with E-state index in [1.54, 1.807) is 6.92 Å². The number of carbonyl (C=O) groups excluding carboxylic acids is 1. The molecule has 168 valence electrons. The number of Topliss-reactive ketones (excluding diaryl/α,β-unsaturated/α-hetero) is 1. The summed E-state index contributed by atoms with van der Waals surface area (Å²) in [6.07, 6.45) is 0. The van der Waals surface area contributed by atoms with Crippen molar-refractivity contribution in [3.8, 4) is 0 Å². The fraction of sp³-hybridized carbons (Fsp3) is 0.440. The van der Waals surface area contributed by atoms with E-state index >= 15 is 0 Å². The molecule has 2 aromatic carbocycles. The van der Waals surface area contributed by atoms with Crippen LogP contribution in [0.15, 0.2) is 40.8 Å². The average molecular weight is 450 g/mol. The molecular formula is C25H39NO2S2. The van der Waals surface area contributed by atoms with Crippen molar-refractivity contribution in [3.63, 3.8) is 0 Å². The van der Waals surface area contributed by atoms with Gasteiger partial charge in [-0.3, -0.25) is 4.79 Å². The lowest BCUT2D eigenvalue weighted by molar-refractivity contribution is 0.101. The van der Waals surface area contributed by atoms with E-state index in [0.29, 0.717) is 0 Å². The summed E-state index contributed by atoms with van der Waals surface area (Å²) in [5.41, 5.74) is 7.49. The van der Waals surface area contributed by atoms with E-state index in [4.69, 9.17) is 0 Å². The molecule has 2 aromatic rings. The summed E-state index contributed by atoms with van der Waals surface area (Å²) in [5.74, 6) is 0.145. The Hall–Kier alpha value is -1.72. The normalized spacial score (nSPS) is 12.0. The molecule has 2 rings (SSSR count). The van der Waals surface area contributed by atoms with E-state index in [1.165, 1.54) is 16.7 Å². The lowest BCUT2D eigenvalue weighted by Gasteiger charge is -2.15. The summed E-state index contributed by atoms with van der Waals surface area (Å²) < 4.78 is 16.0. The Labute approximate surface area is 193 Å². The van der Waals surface area contributed by atoms with Gasteiger partial charge in [0.25, 0.3) is 0 Å². The number of benzene rings is 2. The first kappa shape index (κ1) is 30.5. The van der Waals surface area contributed by atoms with Gasteiger partial charge >= 0.3 is 0 Å². The molecule has 0 heterocycles. The molecule has 0 aliphatic carbocycles. The van der Waals surface area contributed by atoms with Crippen molar-refractivity contribution in [2.45, 2.75) is 74.5 Å². The van der Waals surface area contributed by atoms with Crippen LogP contribution >= 0.6 is 13.5 Å². The maximum Gasteiger partial charge on any atom is 0.160 e. The minimum Gasteiger partial charge on any atom is -0.295 e. The molecule has 0 aromatic heterocycles. The highest BCUT2D eigenvalue weighted by Crippen LogP contribution is 2.17. The molecule has 0 aliphatic heterocycles. The van der Waals surface area contributed by atoms with E-state index in [0.717, 1.165) is 22.4 Å². The number of aryl methyl sites for hydroxylation is 2. The molecule has 3 nitrogen and oxygen atoms in total. The topological polar surface area (TPSA) is 46.5 Å². The monoisotopic (exact) mass is 449 g/mol. The number of hydrogen-bond donors (Lipinski definition) is 0. The summed E-state index contributed by atoms with van der Waals surface area (Å²) in [6.45, 7) is 17.5. The van der Waals surface area contributed by atoms with E-state index in [9.17, 15) is 9.00 Å². The number of rotatable bonds is 3. The minimum atomic E-state index is -1.19. The molecule has 0 saturated carbocycles. The van der Waals surface area contributed by atoms with Crippen molar-refractivity contribution in [2.75, 3.05) is 0 Å². The van der Waals surface area contributed by atoms with Gasteiger partial charge in [-0.1, -0.05) is 43.8 Å². The van der Waals surface area contributed by atoms with Crippen molar-refractivity contribution in [3.05, 3.63) is 69.8 Å². The smallest absolute Gasteiger partial charge is 0.160 e. The molecule has 0 unspecified atom stereocenters. The van der Waals surface area contributed by atoms with Crippen LogP contribution in [0.4, 0.5) is 0 Å². The summed E-state index contributed by atoms with van der Waals surface area (Å²) in [4.78, 5) is 11.0. The van der Waals surface area contributed by atoms with Gasteiger partial charge < -0.3 is 0 Å². The fourth-order valence-corrected chi connectivity index (χ4v) is 3.21. The van der Waals surface area contributed by atoms with Gasteiger partial charge in [0.15, 0.2) is 5.78 Å². The summed E-state index contributed by atoms with van der Waals surface area (Å²) in [7, 11) is -1.19. The third-order valence-corrected chi connectivity index (χ3v) is 6.21. The molecule has 30 heavy (non-hydrogen) atoms. The lowest BCUT2D eigenvalue weighted by atomic mass is 10.0. The largest absolute Gasteiger partial charge is 0.295 e. The Kier molecular flexibility index (Phi) is 13.1. The Balaban J connectivity index is 0. The van der Waals surface area contributed by atoms with Gasteiger partial charge in [0, 0.05) is 5.56 Å². The van der Waals surface area contributed by atoms with Gasteiger partial charge in [0.05, 0.1) is 10.5 Å². The van der Waals surface area contributed by atoms with Crippen molar-refractivity contribution in [1.82, 2.24) is 0 Å². The predicted molar refractivity (Wildman–Crippen MR) is 139 cm³/mol. The number of carbonyl (C=O) groups is 1. The Bertz CT molecular complexity index is 910. The second kappa shape index (κ2) is 12.9. The van der Waals surface area contributed by atoms with Crippen LogP contribution < -0.4 is 0 Å². The molecule has 5 heteroatoms. The van der Waals surface area contributed by atoms with Gasteiger partial charge in [-0.25, -0.2) is 4.21 Å². The first-order valence-corrected chi connectivity index (χ1v) is 10.6. The third-order valence-electron chi connectivity index (χ3n) is 4.72. The van der Waals surface area contributed by atoms with Gasteiger partial charge in [0.1, 0.15) is 11.0 Å². The van der Waals surface area contributed by atoms with E-state index in [1.807, 2.05) is 71.9 Å². The highest BCUT2D eigenvalue weighted by molar-refractivity contribution is 7.85. The molecule has 0 spiro atoms. The van der Waals surface area contributed by atoms with Gasteiger partial charge in [0.2, 0.25) is 0 Å². The van der Waals surface area contributed by atoms with E-state index < -0.39 is 11.0 Å². The minimum absolute atomic E-state index is 0. The van der Waals surface area contributed by atoms with Crippen LogP contribution in [0.5, 0.6) is 0 Å². The molecule has 0 aliphatic rings. The second-order valence-electron chi connectivity index (χ2n) is 8.09. The third kappa shape index (κ3) is 8.57. The molecule has 1 atom stereocenters. The molecule has 0 radical (unpaired) electrons. The van der Waals surface area contributed by atoms with Crippen LogP contribution in [0.1, 0.15) is 80.2 Å². The number of ketones is 1. The summed E-state index contributed by atoms with van der Waals surface area (Å²) >= 11 is 0. The van der Waals surface area contributed by atoms with Gasteiger partial charge in [-0.2, -0.15) is 17.9 Å². The Morgan fingerprint density at radius 1 is 0.833 bits per heavy atom. The maximum absolute atomic E-state index is 12.0. The second-order valence-corrected chi connectivity index (χ2v) is 9.99. The maximum atomic E-state index is 12.0. The molecule has 0 bridgehead atoms. The zero-order valence-electron chi connectivity index (χ0n) is 19.1. The first-order valence-electron chi connectivity index (χ1n) is 9.47. The Morgan fingerprint density at radius 3 is 1.60 bits per heavy atom. The number of hydrogen-bond acceptors (Lipinski definition) is 2. The molecule has 0 fully saturated rings. The quantitative estimate of drug-likeness (QED) is 0.381. The highest BCUT2D eigenvalue weighted by Gasteiger charge is 2.19. The SMILES string of the molecule is C.CC(=N[S@@](=O)C(C)(C)C)c1cccc(C)c1C.CC(=O)c1cccc(C)c1C.S. The zero-order chi connectivity index (χ0) is 21.6. The zero-order valence-corrected chi connectivity index (χ0v) is 21.0. The van der Waals surface area contributed by atoms with Crippen molar-refractivity contribution < 1.29 is 9.00 Å². The predicted octanol–water partition coefficient (Wildman–Crippen LogP) is 6.83. The van der Waals surface area contributed by atoms with Crippen LogP contribution in [0, 0.1) is 27.7 Å². The van der Waals surface area contributed by atoms with E-state index in [-0.39, 0.29) is 31.5 Å². The first-order chi connectivity index (χ1) is 12.9. The fourth-order valence-electron chi connectivity index (χ4n) is 2.59. The Morgan fingerprint density at radius 2 is 1.23 bits per heavy atom. The van der Waals surface area contributed by atoms with Crippen molar-refractivity contribution in [1.29, 1.82) is 0 Å². The highest BCUT2D eigenvalue weighted by atomic mass is 32.2. The molecule has 0 N–H and O–H groups in total. The summed E-state index contributed by atoms with van der Waals surface area (Å²) in [6, 6.07) is 11.9. The van der Waals surface area contributed by atoms with Crippen molar-refractivity contribution >= 4 is 36.0 Å². The van der Waals surface area contributed by atoms with E-state index in [2.05, 4.69) is 24.3 Å². The molecule has 0 amide bonds. The van der Waals surface area contributed by atoms with Crippen LogP contribution in [-0.4, -0.2) is 20.5 Å². The summed E-state index contributed by atoms with van der Waals surface area (Å²) in [5, 5.41) is 0. The van der Waals surface area contributed by atoms with Crippen LogP contribution in [0.3, 0.4) is 0 Å². The number of nitrogens with zero attached hydrogens (tertiary/aromatic N) is 1. The molecular weight excluding hydrogens is 410 g/mol. The van der Waals surface area contributed by atoms with Gasteiger partial charge in [-0.15, -0.1) is 0 Å². The van der Waals surface area contributed by atoms with Crippen LogP contribution in [0.2, 0.25) is 0 Å². The van der Waals surface area contributed by atoms with Gasteiger partial charge in [-0.05, 0) is 90.1 Å². The lowest BCUT2D eigenvalue weighted by Crippen LogP contribution is -2.20. The van der Waals surface area contributed by atoms with Crippen LogP contribution in [-0.2, 0) is 11.0 Å². The standard InChI is InChI=1S/C14H21NOS.C10H12O.CH4.H2S/c1-10-8-7-9-13(11(10)2)12(3)15-17(16)14(4,5)6;1-7-5-4-6-10(8(7)2)9(3)11;;/h7-9H,1-6H3;4-6H,1-3H3;1H4;1H2/t17-;;;/m0.../s1. The van der Waals surface area contributed by atoms with Crippen molar-refractivity contribution in [2.24, 2.45) is 4.40 Å². The van der Waals surface area contributed by atoms with Crippen LogP contribution in [0.25, 0.3) is 0 Å².